The summed E-state index contributed by atoms with van der Waals surface area (Å²) in [6.07, 6.45) is 7.40. The molecule has 1 aromatic heterocycles. The molecule has 1 aliphatic carbocycles. The molecule has 0 aromatic carbocycles. The van der Waals surface area contributed by atoms with Crippen LogP contribution in [-0.4, -0.2) is 18.5 Å². The lowest BCUT2D eigenvalue weighted by atomic mass is 9.83. The zero-order valence-corrected chi connectivity index (χ0v) is 13.5. The van der Waals surface area contributed by atoms with E-state index in [2.05, 4.69) is 24.1 Å². The van der Waals surface area contributed by atoms with Gasteiger partial charge in [-0.25, -0.2) is 0 Å². The molecule has 1 saturated carbocycles. The average Bonchev–Trinajstić information content (AvgIpc) is 2.99. The third-order valence-electron chi connectivity index (χ3n) is 4.17. The summed E-state index contributed by atoms with van der Waals surface area (Å²) in [5.74, 6) is 6.45. The van der Waals surface area contributed by atoms with Crippen LogP contribution >= 0.6 is 11.3 Å². The molecule has 4 heteroatoms. The van der Waals surface area contributed by atoms with Gasteiger partial charge in [-0.05, 0) is 36.6 Å². The first-order valence-electron chi connectivity index (χ1n) is 7.83. The Hall–Kier alpha value is -1.31. The van der Waals surface area contributed by atoms with Crippen molar-refractivity contribution in [2.45, 2.75) is 51.5 Å². The number of thiophene rings is 1. The Morgan fingerprint density at radius 2 is 2.24 bits per heavy atom. The van der Waals surface area contributed by atoms with Crippen LogP contribution in [0.2, 0.25) is 0 Å². The normalized spacial score (nSPS) is 16.9. The third-order valence-corrected chi connectivity index (χ3v) is 5.08. The lowest BCUT2D eigenvalue weighted by Crippen LogP contribution is -2.40. The molecule has 21 heavy (non-hydrogen) atoms. The average molecular weight is 304 g/mol. The van der Waals surface area contributed by atoms with Crippen molar-refractivity contribution in [2.75, 3.05) is 6.54 Å². The highest BCUT2D eigenvalue weighted by Crippen LogP contribution is 2.28. The van der Waals surface area contributed by atoms with Crippen LogP contribution in [-0.2, 0) is 0 Å². The van der Waals surface area contributed by atoms with Crippen LogP contribution in [0.25, 0.3) is 0 Å². The van der Waals surface area contributed by atoms with E-state index >= 15 is 0 Å². The van der Waals surface area contributed by atoms with Crippen molar-refractivity contribution in [3.8, 4) is 11.8 Å². The summed E-state index contributed by atoms with van der Waals surface area (Å²) in [5, 5.41) is 5.14. The van der Waals surface area contributed by atoms with Gasteiger partial charge in [0.15, 0.2) is 0 Å². The fourth-order valence-electron chi connectivity index (χ4n) is 3.05. The molecule has 114 valence electrons. The van der Waals surface area contributed by atoms with E-state index in [1.54, 1.807) is 0 Å². The summed E-state index contributed by atoms with van der Waals surface area (Å²) in [6.45, 7) is 2.47. The van der Waals surface area contributed by atoms with E-state index in [0.29, 0.717) is 17.3 Å². The van der Waals surface area contributed by atoms with Crippen LogP contribution in [0.5, 0.6) is 0 Å². The van der Waals surface area contributed by atoms with Gasteiger partial charge in [0.05, 0.1) is 6.54 Å². The number of rotatable bonds is 4. The number of carbonyl (C=O) groups excluding carboxylic acids is 1. The van der Waals surface area contributed by atoms with Crippen molar-refractivity contribution in [1.82, 2.24) is 5.32 Å². The Labute approximate surface area is 131 Å². The van der Waals surface area contributed by atoms with Gasteiger partial charge in [-0.15, -0.1) is 11.3 Å². The van der Waals surface area contributed by atoms with Crippen LogP contribution in [0.15, 0.2) is 11.4 Å². The maximum atomic E-state index is 12.5. The molecular formula is C17H24N2OS. The molecule has 0 radical (unpaired) electrons. The Morgan fingerprint density at radius 3 is 2.90 bits per heavy atom. The molecular weight excluding hydrogens is 280 g/mol. The molecule has 1 unspecified atom stereocenters. The Bertz CT molecular complexity index is 520. The van der Waals surface area contributed by atoms with E-state index in [1.165, 1.54) is 43.4 Å². The van der Waals surface area contributed by atoms with Crippen molar-refractivity contribution in [1.29, 1.82) is 0 Å². The minimum Gasteiger partial charge on any atom is -0.348 e. The highest BCUT2D eigenvalue weighted by molar-refractivity contribution is 7.12. The Kier molecular flexibility index (Phi) is 6.28. The van der Waals surface area contributed by atoms with E-state index in [4.69, 9.17) is 5.73 Å². The van der Waals surface area contributed by atoms with Gasteiger partial charge in [0.25, 0.3) is 5.91 Å². The summed E-state index contributed by atoms with van der Waals surface area (Å²) in [4.78, 5) is 13.2. The molecule has 1 amide bonds. The molecule has 1 aromatic rings. The highest BCUT2D eigenvalue weighted by Gasteiger charge is 2.25. The molecule has 3 nitrogen and oxygen atoms in total. The first-order valence-corrected chi connectivity index (χ1v) is 8.71. The number of amides is 1. The zero-order chi connectivity index (χ0) is 15.1. The second kappa shape index (κ2) is 8.21. The van der Waals surface area contributed by atoms with Crippen molar-refractivity contribution >= 4 is 17.2 Å². The van der Waals surface area contributed by atoms with Crippen LogP contribution in [0.3, 0.4) is 0 Å². The van der Waals surface area contributed by atoms with Gasteiger partial charge in [0, 0.05) is 11.6 Å². The minimum atomic E-state index is 0.0174. The number of nitrogens with one attached hydrogen (secondary N) is 1. The second-order valence-corrected chi connectivity index (χ2v) is 6.47. The van der Waals surface area contributed by atoms with E-state index in [-0.39, 0.29) is 11.9 Å². The van der Waals surface area contributed by atoms with Crippen molar-refractivity contribution in [2.24, 2.45) is 11.7 Å². The molecule has 0 saturated heterocycles. The maximum absolute atomic E-state index is 12.5. The fraction of sp³-hybridized carbons (Fsp3) is 0.588. The smallest absolute Gasteiger partial charge is 0.262 e. The third kappa shape index (κ3) is 4.33. The van der Waals surface area contributed by atoms with Crippen LogP contribution in [0.4, 0.5) is 0 Å². The van der Waals surface area contributed by atoms with Gasteiger partial charge in [-0.1, -0.05) is 38.0 Å². The molecule has 2 rings (SSSR count). The summed E-state index contributed by atoms with van der Waals surface area (Å²) in [6, 6.07) is 2.18. The molecule has 1 heterocycles. The second-order valence-electron chi connectivity index (χ2n) is 5.56. The van der Waals surface area contributed by atoms with Gasteiger partial charge in [-0.3, -0.25) is 4.79 Å². The highest BCUT2D eigenvalue weighted by atomic mass is 32.1. The van der Waals surface area contributed by atoms with E-state index < -0.39 is 0 Å². The first-order chi connectivity index (χ1) is 10.3. The maximum Gasteiger partial charge on any atom is 0.262 e. The van der Waals surface area contributed by atoms with E-state index in [0.717, 1.165) is 12.0 Å². The molecule has 1 aliphatic rings. The zero-order valence-electron chi connectivity index (χ0n) is 12.7. The number of carbonyl (C=O) groups is 1. The first kappa shape index (κ1) is 16.1. The van der Waals surface area contributed by atoms with Crippen molar-refractivity contribution < 1.29 is 4.79 Å². The molecule has 3 N–H and O–H groups in total. The lowest BCUT2D eigenvalue weighted by molar-refractivity contribution is 0.0915. The summed E-state index contributed by atoms with van der Waals surface area (Å²) in [7, 11) is 0. The number of nitrogens with two attached hydrogens (primary N) is 1. The quantitative estimate of drug-likeness (QED) is 0.840. The Morgan fingerprint density at radius 1 is 1.48 bits per heavy atom. The summed E-state index contributed by atoms with van der Waals surface area (Å²) in [5.41, 5.74) is 6.19. The predicted octanol–water partition coefficient (Wildman–Crippen LogP) is 3.15. The Balaban J connectivity index is 2.03. The standard InChI is InChI=1S/C17H24N2OS/c1-2-15(13-7-4-3-5-8-13)19-17(20)16-14(9-6-11-18)10-12-21-16/h10,12-13,15H,2-5,7-8,11,18H2,1H3,(H,19,20). The lowest BCUT2D eigenvalue weighted by Gasteiger charge is -2.30. The molecule has 1 fully saturated rings. The SMILES string of the molecule is CCC(NC(=O)c1sccc1C#CCN)C1CCCCC1. The van der Waals surface area contributed by atoms with Gasteiger partial charge in [-0.2, -0.15) is 0 Å². The minimum absolute atomic E-state index is 0.0174. The monoisotopic (exact) mass is 304 g/mol. The van der Waals surface area contributed by atoms with Crippen LogP contribution < -0.4 is 11.1 Å². The van der Waals surface area contributed by atoms with Crippen LogP contribution in [0, 0.1) is 17.8 Å². The van der Waals surface area contributed by atoms with Gasteiger partial charge >= 0.3 is 0 Å². The molecule has 1 atom stereocenters. The molecule has 0 bridgehead atoms. The van der Waals surface area contributed by atoms with Crippen molar-refractivity contribution in [3.05, 3.63) is 21.9 Å². The van der Waals surface area contributed by atoms with E-state index in [1.807, 2.05) is 11.4 Å². The number of hydrogen-bond acceptors (Lipinski definition) is 3. The largest absolute Gasteiger partial charge is 0.348 e. The molecule has 0 spiro atoms. The van der Waals surface area contributed by atoms with Gasteiger partial charge in [0.1, 0.15) is 4.88 Å². The number of hydrogen-bond donors (Lipinski definition) is 2. The van der Waals surface area contributed by atoms with E-state index in [9.17, 15) is 4.79 Å². The molecule has 0 aliphatic heterocycles. The summed E-state index contributed by atoms with van der Waals surface area (Å²) >= 11 is 1.45. The predicted molar refractivity (Wildman–Crippen MR) is 88.4 cm³/mol. The fourth-order valence-corrected chi connectivity index (χ4v) is 3.81. The summed E-state index contributed by atoms with van der Waals surface area (Å²) < 4.78 is 0. The van der Waals surface area contributed by atoms with Gasteiger partial charge < -0.3 is 11.1 Å². The van der Waals surface area contributed by atoms with Crippen LogP contribution in [0.1, 0.15) is 60.7 Å². The topological polar surface area (TPSA) is 55.1 Å². The van der Waals surface area contributed by atoms with Crippen molar-refractivity contribution in [3.63, 3.8) is 0 Å². The van der Waals surface area contributed by atoms with Gasteiger partial charge in [0.2, 0.25) is 0 Å².